The van der Waals surface area contributed by atoms with Crippen LogP contribution in [0.4, 0.5) is 0 Å². The molecule has 3 aromatic rings. The third-order valence-electron chi connectivity index (χ3n) is 4.93. The van der Waals surface area contributed by atoms with Crippen molar-refractivity contribution >= 4 is 5.91 Å². The molecule has 0 fully saturated rings. The van der Waals surface area contributed by atoms with Crippen molar-refractivity contribution in [3.8, 4) is 17.1 Å². The number of aromatic amines is 1. The number of ether oxygens (including phenoxy) is 1. The van der Waals surface area contributed by atoms with Gasteiger partial charge in [0.05, 0.1) is 12.8 Å². The molecule has 0 aliphatic carbocycles. The number of nitrogens with one attached hydrogen (secondary N) is 1. The van der Waals surface area contributed by atoms with Gasteiger partial charge < -0.3 is 19.0 Å². The van der Waals surface area contributed by atoms with Crippen LogP contribution >= 0.6 is 0 Å². The highest BCUT2D eigenvalue weighted by Crippen LogP contribution is 2.26. The predicted octanol–water partition coefficient (Wildman–Crippen LogP) is 2.59. The molecule has 1 aliphatic rings. The lowest BCUT2D eigenvalue weighted by molar-refractivity contribution is 0.0732. The maximum atomic E-state index is 12.9. The molecule has 1 N–H and O–H groups in total. The number of carbonyl (C=O) groups excluding carboxylic acids is 1. The molecular weight excluding hydrogens is 358 g/mol. The number of hydrogen-bond acceptors (Lipinski definition) is 5. The highest BCUT2D eigenvalue weighted by molar-refractivity contribution is 5.92. The zero-order valence-electron chi connectivity index (χ0n) is 15.8. The molecule has 0 bridgehead atoms. The Hall–Kier alpha value is -3.35. The molecule has 7 nitrogen and oxygen atoms in total. The number of hydrogen-bond donors (Lipinski definition) is 1. The van der Waals surface area contributed by atoms with E-state index in [1.807, 2.05) is 24.3 Å². The third-order valence-corrected chi connectivity index (χ3v) is 4.93. The summed E-state index contributed by atoms with van der Waals surface area (Å²) in [7, 11) is 1.61. The van der Waals surface area contributed by atoms with Crippen LogP contribution in [0.25, 0.3) is 11.3 Å². The Balaban J connectivity index is 1.53. The molecule has 0 saturated carbocycles. The largest absolute Gasteiger partial charge is 0.497 e. The summed E-state index contributed by atoms with van der Waals surface area (Å²) in [4.78, 5) is 34.0. The van der Waals surface area contributed by atoms with Gasteiger partial charge >= 0.3 is 0 Å². The van der Waals surface area contributed by atoms with E-state index in [-0.39, 0.29) is 17.2 Å². The maximum absolute atomic E-state index is 12.9. The quantitative estimate of drug-likeness (QED) is 0.756. The first-order valence-corrected chi connectivity index (χ1v) is 9.17. The van der Waals surface area contributed by atoms with Gasteiger partial charge in [-0.15, -0.1) is 0 Å². The molecule has 3 heterocycles. The molecule has 0 atom stereocenters. The Kier molecular flexibility index (Phi) is 4.73. The van der Waals surface area contributed by atoms with Crippen molar-refractivity contribution in [3.05, 3.63) is 69.6 Å². The Morgan fingerprint density at radius 2 is 2.04 bits per heavy atom. The van der Waals surface area contributed by atoms with Crippen LogP contribution in [0.3, 0.4) is 0 Å². The molecule has 0 radical (unpaired) electrons. The minimum absolute atomic E-state index is 0.116. The number of benzene rings is 1. The van der Waals surface area contributed by atoms with Gasteiger partial charge in [0, 0.05) is 30.6 Å². The summed E-state index contributed by atoms with van der Waals surface area (Å²) in [6, 6.07) is 10.9. The van der Waals surface area contributed by atoms with Crippen molar-refractivity contribution in [1.82, 2.24) is 14.9 Å². The van der Waals surface area contributed by atoms with Crippen molar-refractivity contribution in [3.63, 3.8) is 0 Å². The fourth-order valence-electron chi connectivity index (χ4n) is 3.48. The van der Waals surface area contributed by atoms with E-state index < -0.39 is 0 Å². The van der Waals surface area contributed by atoms with E-state index in [1.165, 1.54) is 0 Å². The molecular formula is C21H21N3O4. The maximum Gasteiger partial charge on any atom is 0.289 e. The summed E-state index contributed by atoms with van der Waals surface area (Å²) in [5.74, 6) is 2.02. The van der Waals surface area contributed by atoms with Crippen LogP contribution in [-0.4, -0.2) is 41.0 Å². The Morgan fingerprint density at radius 1 is 1.21 bits per heavy atom. The SMILES string of the molecule is COc1cccc(-c2ccc(C(=O)N3CCc4nc(C)[nH]c(=O)c4CC3)o2)c1. The minimum atomic E-state index is -0.185. The first-order valence-electron chi connectivity index (χ1n) is 9.17. The van der Waals surface area contributed by atoms with Crippen LogP contribution in [0.1, 0.15) is 27.6 Å². The summed E-state index contributed by atoms with van der Waals surface area (Å²) >= 11 is 0. The number of aryl methyl sites for hydroxylation is 1. The molecule has 1 aromatic carbocycles. The molecule has 1 aliphatic heterocycles. The summed E-state index contributed by atoms with van der Waals surface area (Å²) in [5.41, 5.74) is 2.16. The van der Waals surface area contributed by atoms with Crippen LogP contribution in [0.2, 0.25) is 0 Å². The number of amides is 1. The molecule has 1 amide bonds. The van der Waals surface area contributed by atoms with E-state index in [0.29, 0.717) is 43.1 Å². The number of carbonyl (C=O) groups is 1. The van der Waals surface area contributed by atoms with Gasteiger partial charge in [-0.1, -0.05) is 12.1 Å². The zero-order valence-corrected chi connectivity index (χ0v) is 15.8. The molecule has 4 rings (SSSR count). The first kappa shape index (κ1) is 18.0. The molecule has 7 heteroatoms. The summed E-state index contributed by atoms with van der Waals surface area (Å²) in [6.07, 6.45) is 1.03. The first-order chi connectivity index (χ1) is 13.5. The highest BCUT2D eigenvalue weighted by atomic mass is 16.5. The lowest BCUT2D eigenvalue weighted by Gasteiger charge is -2.18. The fraction of sp³-hybridized carbons (Fsp3) is 0.286. The van der Waals surface area contributed by atoms with Crippen molar-refractivity contribution < 1.29 is 13.9 Å². The van der Waals surface area contributed by atoms with Gasteiger partial charge in [-0.3, -0.25) is 9.59 Å². The Bertz CT molecular complexity index is 1080. The third kappa shape index (κ3) is 3.43. The summed E-state index contributed by atoms with van der Waals surface area (Å²) < 4.78 is 11.1. The highest BCUT2D eigenvalue weighted by Gasteiger charge is 2.24. The molecule has 0 saturated heterocycles. The van der Waals surface area contributed by atoms with Gasteiger partial charge in [0.25, 0.3) is 11.5 Å². The Labute approximate surface area is 162 Å². The lowest BCUT2D eigenvalue weighted by Crippen LogP contribution is -2.33. The second-order valence-corrected chi connectivity index (χ2v) is 6.76. The number of aromatic nitrogens is 2. The molecule has 0 unspecified atom stereocenters. The van der Waals surface area contributed by atoms with Crippen LogP contribution in [-0.2, 0) is 12.8 Å². The average molecular weight is 379 g/mol. The van der Waals surface area contributed by atoms with Gasteiger partial charge in [0.2, 0.25) is 0 Å². The second-order valence-electron chi connectivity index (χ2n) is 6.76. The molecule has 28 heavy (non-hydrogen) atoms. The summed E-state index contributed by atoms with van der Waals surface area (Å²) in [6.45, 7) is 2.71. The number of nitrogens with zero attached hydrogens (tertiary/aromatic N) is 2. The van der Waals surface area contributed by atoms with Crippen molar-refractivity contribution in [2.24, 2.45) is 0 Å². The number of H-pyrrole nitrogens is 1. The standard InChI is InChI=1S/C21H21N3O4/c1-13-22-17-9-11-24(10-8-16(17)20(25)23-13)21(26)19-7-6-18(28-19)14-4-3-5-15(12-14)27-2/h3-7,12H,8-11H2,1-2H3,(H,22,23,25). The normalized spacial score (nSPS) is 13.7. The zero-order chi connectivity index (χ0) is 19.7. The number of furan rings is 1. The number of rotatable bonds is 3. The average Bonchev–Trinajstić information content (AvgIpc) is 3.09. The molecule has 144 valence electrons. The molecule has 0 spiro atoms. The van der Waals surface area contributed by atoms with E-state index in [2.05, 4.69) is 9.97 Å². The lowest BCUT2D eigenvalue weighted by atomic mass is 10.1. The fourth-order valence-corrected chi connectivity index (χ4v) is 3.48. The van der Waals surface area contributed by atoms with Crippen molar-refractivity contribution in [2.75, 3.05) is 20.2 Å². The summed E-state index contributed by atoms with van der Waals surface area (Å²) in [5, 5.41) is 0. The molecule has 2 aromatic heterocycles. The number of fused-ring (bicyclic) bond motifs is 1. The van der Waals surface area contributed by atoms with E-state index in [1.54, 1.807) is 31.1 Å². The van der Waals surface area contributed by atoms with Crippen LogP contribution in [0.5, 0.6) is 5.75 Å². The van der Waals surface area contributed by atoms with E-state index >= 15 is 0 Å². The van der Waals surface area contributed by atoms with Gasteiger partial charge in [0.1, 0.15) is 17.3 Å². The predicted molar refractivity (Wildman–Crippen MR) is 104 cm³/mol. The van der Waals surface area contributed by atoms with Crippen molar-refractivity contribution in [2.45, 2.75) is 19.8 Å². The number of methoxy groups -OCH3 is 1. The van der Waals surface area contributed by atoms with E-state index in [0.717, 1.165) is 17.0 Å². The smallest absolute Gasteiger partial charge is 0.289 e. The van der Waals surface area contributed by atoms with Gasteiger partial charge in [-0.2, -0.15) is 0 Å². The second kappa shape index (κ2) is 7.34. The van der Waals surface area contributed by atoms with Gasteiger partial charge in [-0.25, -0.2) is 4.98 Å². The van der Waals surface area contributed by atoms with Gasteiger partial charge in [-0.05, 0) is 37.6 Å². The van der Waals surface area contributed by atoms with Crippen LogP contribution in [0.15, 0.2) is 45.6 Å². The van der Waals surface area contributed by atoms with E-state index in [4.69, 9.17) is 9.15 Å². The topological polar surface area (TPSA) is 88.4 Å². The van der Waals surface area contributed by atoms with Crippen molar-refractivity contribution in [1.29, 1.82) is 0 Å². The monoisotopic (exact) mass is 379 g/mol. The minimum Gasteiger partial charge on any atom is -0.497 e. The van der Waals surface area contributed by atoms with Crippen LogP contribution in [0, 0.1) is 6.92 Å². The Morgan fingerprint density at radius 3 is 2.86 bits per heavy atom. The van der Waals surface area contributed by atoms with Gasteiger partial charge in [0.15, 0.2) is 5.76 Å². The van der Waals surface area contributed by atoms with E-state index in [9.17, 15) is 9.59 Å². The van der Waals surface area contributed by atoms with Crippen LogP contribution < -0.4 is 10.3 Å².